The highest BCUT2D eigenvalue weighted by Gasteiger charge is 2.31. The van der Waals surface area contributed by atoms with Gasteiger partial charge in [-0.15, -0.1) is 0 Å². The van der Waals surface area contributed by atoms with Gasteiger partial charge in [0.25, 0.3) is 0 Å². The van der Waals surface area contributed by atoms with Gasteiger partial charge in [-0.1, -0.05) is 15.9 Å². The van der Waals surface area contributed by atoms with Crippen molar-refractivity contribution >= 4 is 21.9 Å². The van der Waals surface area contributed by atoms with Crippen LogP contribution in [0.1, 0.15) is 24.0 Å². The molecule has 4 nitrogen and oxygen atoms in total. The lowest BCUT2D eigenvalue weighted by atomic mass is 10.1. The summed E-state index contributed by atoms with van der Waals surface area (Å²) in [5, 5.41) is 9.00. The van der Waals surface area contributed by atoms with Crippen molar-refractivity contribution in [3.05, 3.63) is 27.7 Å². The minimum absolute atomic E-state index is 0.103. The summed E-state index contributed by atoms with van der Waals surface area (Å²) in [6.07, 6.45) is 3.14. The lowest BCUT2D eigenvalue weighted by Gasteiger charge is -2.21. The Morgan fingerprint density at radius 1 is 1.47 bits per heavy atom. The van der Waals surface area contributed by atoms with Crippen molar-refractivity contribution in [2.75, 3.05) is 13.2 Å². The molecule has 2 aliphatic rings. The van der Waals surface area contributed by atoms with Crippen molar-refractivity contribution < 1.29 is 14.6 Å². The average Bonchev–Trinajstić information content (AvgIpc) is 3.07. The van der Waals surface area contributed by atoms with Crippen molar-refractivity contribution in [2.45, 2.75) is 31.8 Å². The van der Waals surface area contributed by atoms with Crippen LogP contribution in [0, 0.1) is 0 Å². The van der Waals surface area contributed by atoms with Crippen LogP contribution in [0.2, 0.25) is 0 Å². The number of hydrogen-bond donors (Lipinski definition) is 1. The first-order valence-corrected chi connectivity index (χ1v) is 7.33. The quantitative estimate of drug-likeness (QED) is 0.903. The highest BCUT2D eigenvalue weighted by molar-refractivity contribution is 9.10. The van der Waals surface area contributed by atoms with E-state index in [1.807, 2.05) is 11.0 Å². The second-order valence-corrected chi connectivity index (χ2v) is 6.10. The summed E-state index contributed by atoms with van der Waals surface area (Å²) in [6, 6.07) is 4.55. The number of hydrogen-bond acceptors (Lipinski definition) is 3. The number of halogens is 1. The van der Waals surface area contributed by atoms with Crippen LogP contribution in [0.4, 0.5) is 0 Å². The molecule has 0 unspecified atom stereocenters. The molecule has 1 aromatic rings. The van der Waals surface area contributed by atoms with E-state index in [1.54, 1.807) is 0 Å². The van der Waals surface area contributed by atoms with Crippen molar-refractivity contribution in [3.63, 3.8) is 0 Å². The Kier molecular flexibility index (Phi) is 3.50. The Bertz CT molecular complexity index is 514. The zero-order chi connectivity index (χ0) is 13.4. The minimum atomic E-state index is -0.764. The third-order valence-corrected chi connectivity index (χ3v) is 4.06. The molecule has 1 fully saturated rings. The van der Waals surface area contributed by atoms with Gasteiger partial charge < -0.3 is 9.84 Å². The molecule has 1 heterocycles. The lowest BCUT2D eigenvalue weighted by Crippen LogP contribution is -2.31. The molecule has 5 heteroatoms. The fourth-order valence-electron chi connectivity index (χ4n) is 2.61. The summed E-state index contributed by atoms with van der Waals surface area (Å²) in [7, 11) is 0. The van der Waals surface area contributed by atoms with E-state index in [0.717, 1.165) is 41.7 Å². The third-order valence-electron chi connectivity index (χ3n) is 3.60. The first-order chi connectivity index (χ1) is 9.13. The second kappa shape index (κ2) is 5.13. The van der Waals surface area contributed by atoms with Gasteiger partial charge in [0.1, 0.15) is 5.75 Å². The smallest absolute Gasteiger partial charge is 0.317 e. The molecule has 1 aliphatic heterocycles. The van der Waals surface area contributed by atoms with Gasteiger partial charge in [-0.2, -0.15) is 0 Å². The van der Waals surface area contributed by atoms with Crippen LogP contribution >= 0.6 is 15.9 Å². The molecule has 1 aliphatic carbocycles. The highest BCUT2D eigenvalue weighted by Crippen LogP contribution is 2.36. The van der Waals surface area contributed by atoms with Crippen LogP contribution in [0.3, 0.4) is 0 Å². The number of carboxylic acids is 1. The molecule has 1 N–H and O–H groups in total. The largest absolute Gasteiger partial charge is 0.493 e. The molecule has 0 bridgehead atoms. The van der Waals surface area contributed by atoms with Crippen LogP contribution in [0.25, 0.3) is 0 Å². The Morgan fingerprint density at radius 3 is 2.95 bits per heavy atom. The maximum atomic E-state index is 11.0. The Labute approximate surface area is 120 Å². The summed E-state index contributed by atoms with van der Waals surface area (Å²) in [5.41, 5.74) is 2.31. The fourth-order valence-corrected chi connectivity index (χ4v) is 3.16. The van der Waals surface area contributed by atoms with Gasteiger partial charge in [0.15, 0.2) is 0 Å². The molecule has 0 amide bonds. The maximum Gasteiger partial charge on any atom is 0.317 e. The number of fused-ring (bicyclic) bond motifs is 1. The monoisotopic (exact) mass is 325 g/mol. The van der Waals surface area contributed by atoms with E-state index in [4.69, 9.17) is 9.84 Å². The molecular formula is C14H16BrNO3. The molecule has 1 aromatic carbocycles. The summed E-state index contributed by atoms with van der Waals surface area (Å²) in [4.78, 5) is 13.0. The maximum absolute atomic E-state index is 11.0. The third kappa shape index (κ3) is 2.92. The molecule has 0 aromatic heterocycles. The predicted octanol–water partition coefficient (Wildman–Crippen LogP) is 2.43. The minimum Gasteiger partial charge on any atom is -0.493 e. The number of benzene rings is 1. The van der Waals surface area contributed by atoms with Crippen LogP contribution in [-0.2, 0) is 17.8 Å². The summed E-state index contributed by atoms with van der Waals surface area (Å²) < 4.78 is 6.74. The zero-order valence-electron chi connectivity index (χ0n) is 10.6. The standard InChI is InChI=1S/C14H16BrNO3/c15-11-5-9-3-4-19-14(9)10(6-11)7-16(8-13(17)18)12-1-2-12/h5-6,12H,1-4,7-8H2,(H,17,18). The number of ether oxygens (including phenoxy) is 1. The van der Waals surface area contributed by atoms with E-state index in [0.29, 0.717) is 12.6 Å². The number of rotatable bonds is 5. The fraction of sp³-hybridized carbons (Fsp3) is 0.500. The molecule has 19 heavy (non-hydrogen) atoms. The second-order valence-electron chi connectivity index (χ2n) is 5.18. The van der Waals surface area contributed by atoms with E-state index in [-0.39, 0.29) is 6.54 Å². The van der Waals surface area contributed by atoms with Gasteiger partial charge in [-0.3, -0.25) is 9.69 Å². The highest BCUT2D eigenvalue weighted by atomic mass is 79.9. The van der Waals surface area contributed by atoms with E-state index >= 15 is 0 Å². The summed E-state index contributed by atoms with van der Waals surface area (Å²) in [6.45, 7) is 1.48. The normalized spacial score (nSPS) is 17.4. The summed E-state index contributed by atoms with van der Waals surface area (Å²) in [5.74, 6) is 0.193. The van der Waals surface area contributed by atoms with Crippen LogP contribution in [0.5, 0.6) is 5.75 Å². The van der Waals surface area contributed by atoms with Gasteiger partial charge in [0.2, 0.25) is 0 Å². The molecular weight excluding hydrogens is 310 g/mol. The Balaban J connectivity index is 1.83. The lowest BCUT2D eigenvalue weighted by molar-refractivity contribution is -0.138. The van der Waals surface area contributed by atoms with Gasteiger partial charge in [0.05, 0.1) is 13.2 Å². The van der Waals surface area contributed by atoms with E-state index in [1.165, 1.54) is 5.56 Å². The van der Waals surface area contributed by atoms with Crippen LogP contribution in [0.15, 0.2) is 16.6 Å². The molecule has 0 radical (unpaired) electrons. The van der Waals surface area contributed by atoms with Gasteiger partial charge >= 0.3 is 5.97 Å². The van der Waals surface area contributed by atoms with Crippen molar-refractivity contribution in [1.82, 2.24) is 4.90 Å². The average molecular weight is 326 g/mol. The molecule has 0 spiro atoms. The van der Waals surface area contributed by atoms with Crippen molar-refractivity contribution in [1.29, 1.82) is 0 Å². The van der Waals surface area contributed by atoms with Crippen LogP contribution < -0.4 is 4.74 Å². The van der Waals surface area contributed by atoms with E-state index in [2.05, 4.69) is 22.0 Å². The molecule has 3 rings (SSSR count). The predicted molar refractivity (Wildman–Crippen MR) is 74.4 cm³/mol. The molecule has 102 valence electrons. The topological polar surface area (TPSA) is 49.8 Å². The summed E-state index contributed by atoms with van der Waals surface area (Å²) >= 11 is 3.52. The molecule has 0 saturated heterocycles. The number of nitrogens with zero attached hydrogens (tertiary/aromatic N) is 1. The van der Waals surface area contributed by atoms with Gasteiger partial charge in [-0.25, -0.2) is 0 Å². The van der Waals surface area contributed by atoms with Crippen LogP contribution in [-0.4, -0.2) is 35.2 Å². The molecule has 0 atom stereocenters. The number of carbonyl (C=O) groups is 1. The first kappa shape index (κ1) is 12.9. The molecule has 1 saturated carbocycles. The van der Waals surface area contributed by atoms with E-state index in [9.17, 15) is 4.79 Å². The Morgan fingerprint density at radius 2 is 2.26 bits per heavy atom. The SMILES string of the molecule is O=C(O)CN(Cc1cc(Br)cc2c1OCC2)C1CC1. The zero-order valence-corrected chi connectivity index (χ0v) is 12.1. The van der Waals surface area contributed by atoms with Crippen molar-refractivity contribution in [2.24, 2.45) is 0 Å². The van der Waals surface area contributed by atoms with Gasteiger partial charge in [-0.05, 0) is 30.5 Å². The number of aliphatic carboxylic acids is 1. The Hall–Kier alpha value is -1.07. The van der Waals surface area contributed by atoms with Gasteiger partial charge in [0, 0.05) is 29.0 Å². The van der Waals surface area contributed by atoms with E-state index < -0.39 is 5.97 Å². The number of carboxylic acid groups (broad SMARTS) is 1. The first-order valence-electron chi connectivity index (χ1n) is 6.53. The van der Waals surface area contributed by atoms with Crippen molar-refractivity contribution in [3.8, 4) is 5.75 Å².